The van der Waals surface area contributed by atoms with E-state index in [1.165, 1.54) is 22.1 Å². The first-order valence-electron chi connectivity index (χ1n) is 10.6. The zero-order valence-electron chi connectivity index (χ0n) is 17.1. The largest absolute Gasteiger partial charge is 0.459 e. The van der Waals surface area contributed by atoms with E-state index in [1.807, 2.05) is 17.0 Å². The van der Waals surface area contributed by atoms with Crippen molar-refractivity contribution in [3.8, 4) is 0 Å². The minimum atomic E-state index is -0.156. The fourth-order valence-electron chi connectivity index (χ4n) is 4.24. The Balaban J connectivity index is 1.19. The molecular formula is C22H29FN4O3+2. The third kappa shape index (κ3) is 4.88. The molecule has 0 aliphatic carbocycles. The fourth-order valence-corrected chi connectivity index (χ4v) is 4.24. The number of hydrogen-bond acceptors (Lipinski definition) is 3. The van der Waals surface area contributed by atoms with Crippen LogP contribution in [-0.2, 0) is 11.3 Å². The standard InChI is InChI=1S/C22H27FN4O3/c23-19-5-2-1-4-18(19)16-24-7-11-26(12-8-24)21(28)17-25-9-13-27(14-10-25)22(29)20-6-3-15-30-20/h1-6,15H,7-14,16-17H2/p+2. The summed E-state index contributed by atoms with van der Waals surface area (Å²) in [7, 11) is 0. The number of amides is 2. The third-order valence-electron chi connectivity index (χ3n) is 6.11. The highest BCUT2D eigenvalue weighted by molar-refractivity contribution is 5.91. The monoisotopic (exact) mass is 416 g/mol. The van der Waals surface area contributed by atoms with Gasteiger partial charge in [-0.2, -0.15) is 0 Å². The first-order valence-corrected chi connectivity index (χ1v) is 10.6. The van der Waals surface area contributed by atoms with Crippen LogP contribution in [-0.4, -0.2) is 80.5 Å². The van der Waals surface area contributed by atoms with E-state index in [0.717, 1.165) is 31.7 Å². The van der Waals surface area contributed by atoms with E-state index in [0.29, 0.717) is 45.0 Å². The molecule has 160 valence electrons. The van der Waals surface area contributed by atoms with Gasteiger partial charge in [0.15, 0.2) is 12.3 Å². The second kappa shape index (κ2) is 9.40. The zero-order chi connectivity index (χ0) is 20.9. The number of nitrogens with one attached hydrogen (secondary N) is 2. The molecule has 3 heterocycles. The van der Waals surface area contributed by atoms with Crippen LogP contribution in [0.5, 0.6) is 0 Å². The Bertz CT molecular complexity index is 857. The Morgan fingerprint density at radius 3 is 2.23 bits per heavy atom. The quantitative estimate of drug-likeness (QED) is 0.636. The number of benzene rings is 1. The topological polar surface area (TPSA) is 62.6 Å². The number of hydrogen-bond donors (Lipinski definition) is 2. The van der Waals surface area contributed by atoms with Crippen LogP contribution < -0.4 is 9.80 Å². The molecule has 1 aromatic heterocycles. The van der Waals surface area contributed by atoms with Crippen molar-refractivity contribution in [1.29, 1.82) is 0 Å². The van der Waals surface area contributed by atoms with Gasteiger partial charge in [0, 0.05) is 5.56 Å². The number of halogens is 1. The molecule has 8 heteroatoms. The van der Waals surface area contributed by atoms with Crippen LogP contribution in [0.2, 0.25) is 0 Å². The Kier molecular flexibility index (Phi) is 6.44. The van der Waals surface area contributed by atoms with Crippen molar-refractivity contribution in [3.05, 3.63) is 59.8 Å². The first kappa shape index (κ1) is 20.6. The van der Waals surface area contributed by atoms with Gasteiger partial charge in [0.05, 0.1) is 58.6 Å². The molecule has 0 spiro atoms. The number of furan rings is 1. The van der Waals surface area contributed by atoms with Crippen LogP contribution >= 0.6 is 0 Å². The molecule has 30 heavy (non-hydrogen) atoms. The van der Waals surface area contributed by atoms with Gasteiger partial charge in [-0.1, -0.05) is 18.2 Å². The predicted molar refractivity (Wildman–Crippen MR) is 108 cm³/mol. The Morgan fingerprint density at radius 2 is 1.57 bits per heavy atom. The van der Waals surface area contributed by atoms with Crippen LogP contribution in [0.4, 0.5) is 4.39 Å². The lowest BCUT2D eigenvalue weighted by Crippen LogP contribution is -3.16. The molecule has 0 radical (unpaired) electrons. The number of carbonyl (C=O) groups excluding carboxylic acids is 2. The van der Waals surface area contributed by atoms with E-state index in [-0.39, 0.29) is 17.6 Å². The maximum absolute atomic E-state index is 13.9. The molecule has 2 N–H and O–H groups in total. The van der Waals surface area contributed by atoms with Gasteiger partial charge in [0.25, 0.3) is 11.8 Å². The van der Waals surface area contributed by atoms with E-state index in [9.17, 15) is 14.0 Å². The first-order chi connectivity index (χ1) is 14.6. The Hall–Kier alpha value is -2.71. The molecule has 0 unspecified atom stereocenters. The second-order valence-corrected chi connectivity index (χ2v) is 8.10. The molecule has 4 rings (SSSR count). The normalized spacial score (nSPS) is 18.6. The molecule has 2 saturated heterocycles. The summed E-state index contributed by atoms with van der Waals surface area (Å²) in [6.45, 7) is 6.98. The van der Waals surface area contributed by atoms with Crippen LogP contribution in [0.25, 0.3) is 0 Å². The van der Waals surface area contributed by atoms with Gasteiger partial charge < -0.3 is 24.0 Å². The number of carbonyl (C=O) groups is 2. The lowest BCUT2D eigenvalue weighted by molar-refractivity contribution is -0.918. The SMILES string of the molecule is O=C(C[NH+]1CCN(C(=O)c2ccco2)CC1)N1CC[NH+](Cc2ccccc2F)CC1. The van der Waals surface area contributed by atoms with E-state index < -0.39 is 0 Å². The summed E-state index contributed by atoms with van der Waals surface area (Å²) in [6.07, 6.45) is 1.51. The maximum atomic E-state index is 13.9. The summed E-state index contributed by atoms with van der Waals surface area (Å²) in [5.41, 5.74) is 0.735. The molecule has 2 amide bonds. The minimum Gasteiger partial charge on any atom is -0.459 e. The smallest absolute Gasteiger partial charge is 0.289 e. The van der Waals surface area contributed by atoms with Crippen molar-refractivity contribution < 1.29 is 28.2 Å². The molecule has 7 nitrogen and oxygen atoms in total. The van der Waals surface area contributed by atoms with E-state index in [4.69, 9.17) is 4.42 Å². The molecule has 0 saturated carbocycles. The molecule has 2 aliphatic heterocycles. The average molecular weight is 416 g/mol. The zero-order valence-corrected chi connectivity index (χ0v) is 17.1. The average Bonchev–Trinajstić information content (AvgIpc) is 3.31. The van der Waals surface area contributed by atoms with Crippen LogP contribution in [0.3, 0.4) is 0 Å². The summed E-state index contributed by atoms with van der Waals surface area (Å²) < 4.78 is 19.0. The van der Waals surface area contributed by atoms with Crippen molar-refractivity contribution in [3.63, 3.8) is 0 Å². The molecule has 0 bridgehead atoms. The minimum absolute atomic E-state index is 0.0840. The maximum Gasteiger partial charge on any atom is 0.289 e. The van der Waals surface area contributed by atoms with Gasteiger partial charge >= 0.3 is 0 Å². The van der Waals surface area contributed by atoms with Crippen LogP contribution in [0.15, 0.2) is 47.1 Å². The Morgan fingerprint density at radius 1 is 0.900 bits per heavy atom. The fraction of sp³-hybridized carbons (Fsp3) is 0.455. The second-order valence-electron chi connectivity index (χ2n) is 8.10. The van der Waals surface area contributed by atoms with Crippen LogP contribution in [0, 0.1) is 5.82 Å². The molecule has 1 aromatic carbocycles. The highest BCUT2D eigenvalue weighted by Gasteiger charge is 2.30. The molecule has 2 fully saturated rings. The van der Waals surface area contributed by atoms with Crippen molar-refractivity contribution in [2.45, 2.75) is 6.54 Å². The van der Waals surface area contributed by atoms with Gasteiger partial charge in [0.2, 0.25) is 0 Å². The summed E-state index contributed by atoms with van der Waals surface area (Å²) in [5, 5.41) is 0. The van der Waals surface area contributed by atoms with Crippen LogP contribution in [0.1, 0.15) is 16.1 Å². The summed E-state index contributed by atoms with van der Waals surface area (Å²) in [5.74, 6) is 0.294. The van der Waals surface area contributed by atoms with Crippen molar-refractivity contribution in [1.82, 2.24) is 9.80 Å². The lowest BCUT2D eigenvalue weighted by atomic mass is 10.2. The van der Waals surface area contributed by atoms with E-state index in [2.05, 4.69) is 0 Å². The summed E-state index contributed by atoms with van der Waals surface area (Å²) in [4.78, 5) is 31.3. The summed E-state index contributed by atoms with van der Waals surface area (Å²) >= 11 is 0. The third-order valence-corrected chi connectivity index (χ3v) is 6.11. The van der Waals surface area contributed by atoms with Crippen molar-refractivity contribution >= 4 is 11.8 Å². The number of piperazine rings is 2. The number of quaternary nitrogens is 2. The van der Waals surface area contributed by atoms with Gasteiger partial charge in [0.1, 0.15) is 12.4 Å². The van der Waals surface area contributed by atoms with E-state index in [1.54, 1.807) is 23.1 Å². The van der Waals surface area contributed by atoms with Crippen molar-refractivity contribution in [2.24, 2.45) is 0 Å². The summed E-state index contributed by atoms with van der Waals surface area (Å²) in [6, 6.07) is 10.3. The predicted octanol–water partition coefficient (Wildman–Crippen LogP) is -1.31. The molecule has 0 atom stereocenters. The van der Waals surface area contributed by atoms with Crippen molar-refractivity contribution in [2.75, 3.05) is 58.9 Å². The van der Waals surface area contributed by atoms with Gasteiger partial charge in [-0.25, -0.2) is 4.39 Å². The Labute approximate surface area is 175 Å². The van der Waals surface area contributed by atoms with Gasteiger partial charge in [-0.3, -0.25) is 9.59 Å². The number of nitrogens with zero attached hydrogens (tertiary/aromatic N) is 2. The van der Waals surface area contributed by atoms with Gasteiger partial charge in [-0.15, -0.1) is 0 Å². The molecule has 2 aromatic rings. The number of rotatable bonds is 5. The molecular weight excluding hydrogens is 387 g/mol. The molecule has 2 aliphatic rings. The lowest BCUT2D eigenvalue weighted by Gasteiger charge is -2.35. The van der Waals surface area contributed by atoms with E-state index >= 15 is 0 Å². The van der Waals surface area contributed by atoms with Gasteiger partial charge in [-0.05, 0) is 18.2 Å². The highest BCUT2D eigenvalue weighted by Crippen LogP contribution is 2.06. The highest BCUT2D eigenvalue weighted by atomic mass is 19.1.